The molecule has 0 bridgehead atoms. The third-order valence-corrected chi connectivity index (χ3v) is 1.88. The summed E-state index contributed by atoms with van der Waals surface area (Å²) in [4.78, 5) is 22.7. The second-order valence-corrected chi connectivity index (χ2v) is 3.21. The molecular formula is C11H11BO4. The Morgan fingerprint density at radius 2 is 1.81 bits per heavy atom. The van der Waals surface area contributed by atoms with Gasteiger partial charge in [0.05, 0.1) is 6.42 Å². The monoisotopic (exact) mass is 218 g/mol. The first-order valence-corrected chi connectivity index (χ1v) is 4.75. The summed E-state index contributed by atoms with van der Waals surface area (Å²) in [7, 11) is -1.67. The van der Waals surface area contributed by atoms with Crippen molar-refractivity contribution < 1.29 is 19.6 Å². The van der Waals surface area contributed by atoms with Gasteiger partial charge in [0, 0.05) is 5.56 Å². The summed E-state index contributed by atoms with van der Waals surface area (Å²) in [5.41, 5.74) is 0.466. The maximum absolute atomic E-state index is 11.5. The Kier molecular flexibility index (Phi) is 4.63. The molecule has 2 N–H and O–H groups in total. The Hall–Kier alpha value is -1.72. The van der Waals surface area contributed by atoms with Gasteiger partial charge >= 0.3 is 7.12 Å². The van der Waals surface area contributed by atoms with E-state index >= 15 is 0 Å². The van der Waals surface area contributed by atoms with Crippen molar-refractivity contribution in [2.24, 2.45) is 0 Å². The summed E-state index contributed by atoms with van der Waals surface area (Å²) in [5, 5.41) is 17.0. The van der Waals surface area contributed by atoms with Crippen LogP contribution in [0, 0.1) is 0 Å². The lowest BCUT2D eigenvalue weighted by molar-refractivity contribution is -0.113. The molecule has 82 valence electrons. The quantitative estimate of drug-likeness (QED) is 0.324. The first kappa shape index (κ1) is 12.4. The van der Waals surface area contributed by atoms with E-state index in [0.29, 0.717) is 5.56 Å². The molecule has 1 aromatic rings. The van der Waals surface area contributed by atoms with Crippen LogP contribution in [0.1, 0.15) is 16.8 Å². The lowest BCUT2D eigenvalue weighted by atomic mass is 9.91. The second kappa shape index (κ2) is 6.00. The number of Topliss-reactive ketones (excluding diaryl/α,β-unsaturated/α-hetero) is 1. The van der Waals surface area contributed by atoms with Crippen molar-refractivity contribution in [1.29, 1.82) is 0 Å². The van der Waals surface area contributed by atoms with Crippen molar-refractivity contribution >= 4 is 18.7 Å². The van der Waals surface area contributed by atoms with E-state index in [0.717, 1.165) is 12.1 Å². The zero-order valence-electron chi connectivity index (χ0n) is 8.54. The highest BCUT2D eigenvalue weighted by atomic mass is 16.4. The van der Waals surface area contributed by atoms with Gasteiger partial charge in [-0.15, -0.1) is 0 Å². The van der Waals surface area contributed by atoms with Crippen LogP contribution < -0.4 is 0 Å². The number of rotatable bonds is 5. The maximum atomic E-state index is 11.5. The van der Waals surface area contributed by atoms with Gasteiger partial charge in [-0.25, -0.2) is 0 Å². The molecule has 0 aromatic heterocycles. The van der Waals surface area contributed by atoms with E-state index in [-0.39, 0.29) is 12.2 Å². The van der Waals surface area contributed by atoms with Crippen LogP contribution in [0.3, 0.4) is 0 Å². The zero-order valence-corrected chi connectivity index (χ0v) is 8.54. The van der Waals surface area contributed by atoms with Gasteiger partial charge in [0.2, 0.25) is 0 Å². The van der Waals surface area contributed by atoms with Crippen molar-refractivity contribution in [3.8, 4) is 0 Å². The molecule has 0 saturated carbocycles. The molecule has 16 heavy (non-hydrogen) atoms. The van der Waals surface area contributed by atoms with Gasteiger partial charge in [0.1, 0.15) is 0 Å². The van der Waals surface area contributed by atoms with Crippen LogP contribution in [0.4, 0.5) is 0 Å². The molecule has 0 saturated heterocycles. The largest absolute Gasteiger partial charge is 0.480 e. The van der Waals surface area contributed by atoms with Gasteiger partial charge in [-0.3, -0.25) is 9.59 Å². The first-order valence-electron chi connectivity index (χ1n) is 4.75. The smallest absolute Gasteiger partial charge is 0.424 e. The molecule has 5 heteroatoms. The molecule has 0 spiro atoms. The Morgan fingerprint density at radius 1 is 1.19 bits per heavy atom. The summed E-state index contributed by atoms with van der Waals surface area (Å²) in [5.74, 6) is 0.172. The highest BCUT2D eigenvalue weighted by molar-refractivity contribution is 6.48. The summed E-state index contributed by atoms with van der Waals surface area (Å²) < 4.78 is 0. The van der Waals surface area contributed by atoms with Gasteiger partial charge in [-0.05, 0) is 6.08 Å². The van der Waals surface area contributed by atoms with Crippen molar-refractivity contribution in [2.45, 2.75) is 6.42 Å². The molecule has 1 aromatic carbocycles. The van der Waals surface area contributed by atoms with Crippen LogP contribution in [0.2, 0.25) is 0 Å². The van der Waals surface area contributed by atoms with E-state index in [9.17, 15) is 9.59 Å². The number of hydrogen-bond acceptors (Lipinski definition) is 4. The van der Waals surface area contributed by atoms with Crippen LogP contribution in [-0.2, 0) is 4.79 Å². The molecule has 4 nitrogen and oxygen atoms in total. The van der Waals surface area contributed by atoms with E-state index in [2.05, 4.69) is 0 Å². The minimum Gasteiger partial charge on any atom is -0.424 e. The van der Waals surface area contributed by atoms with E-state index in [1.165, 1.54) is 0 Å². The standard InChI is InChI=1S/C11H11BO4/c13-10(6-7-12(15)16)8-11(14)9-4-2-1-3-5-9/h1-7,15-16H,8H2. The first-order chi connectivity index (χ1) is 7.59. The van der Waals surface area contributed by atoms with Crippen LogP contribution >= 0.6 is 0 Å². The third-order valence-electron chi connectivity index (χ3n) is 1.88. The third kappa shape index (κ3) is 4.21. The van der Waals surface area contributed by atoms with E-state index in [4.69, 9.17) is 10.0 Å². The fraction of sp³-hybridized carbons (Fsp3) is 0.0909. The minimum absolute atomic E-state index is 0.271. The van der Waals surface area contributed by atoms with Gasteiger partial charge < -0.3 is 10.0 Å². The minimum atomic E-state index is -1.67. The van der Waals surface area contributed by atoms with Gasteiger partial charge in [0.15, 0.2) is 11.6 Å². The van der Waals surface area contributed by atoms with Gasteiger partial charge in [-0.2, -0.15) is 0 Å². The predicted octanol–water partition coefficient (Wildman–Crippen LogP) is 0.397. The molecule has 0 aliphatic heterocycles. The zero-order chi connectivity index (χ0) is 12.0. The molecule has 0 aliphatic carbocycles. The molecule has 0 atom stereocenters. The molecule has 1 rings (SSSR count). The van der Waals surface area contributed by atoms with Gasteiger partial charge in [0.25, 0.3) is 0 Å². The SMILES string of the molecule is O=C(C=CB(O)O)CC(=O)c1ccccc1. The Morgan fingerprint density at radius 3 is 2.38 bits per heavy atom. The van der Waals surface area contributed by atoms with Crippen molar-refractivity contribution in [2.75, 3.05) is 0 Å². The van der Waals surface area contributed by atoms with Crippen LogP contribution in [0.25, 0.3) is 0 Å². The van der Waals surface area contributed by atoms with Crippen LogP contribution in [0.15, 0.2) is 42.4 Å². The molecule has 0 fully saturated rings. The summed E-state index contributed by atoms with van der Waals surface area (Å²) in [6.45, 7) is 0. The molecule has 0 radical (unpaired) electrons. The lowest BCUT2D eigenvalue weighted by Gasteiger charge is -1.97. The Balaban J connectivity index is 2.56. The molecule has 0 heterocycles. The Bertz CT molecular complexity index is 398. The fourth-order valence-electron chi connectivity index (χ4n) is 1.14. The topological polar surface area (TPSA) is 74.6 Å². The highest BCUT2D eigenvalue weighted by Crippen LogP contribution is 2.03. The second-order valence-electron chi connectivity index (χ2n) is 3.21. The highest BCUT2D eigenvalue weighted by Gasteiger charge is 2.09. The Labute approximate surface area is 93.4 Å². The summed E-state index contributed by atoms with van der Waals surface area (Å²) >= 11 is 0. The molecule has 0 unspecified atom stereocenters. The molecular weight excluding hydrogens is 207 g/mol. The summed E-state index contributed by atoms with van der Waals surface area (Å²) in [6, 6.07) is 8.46. The number of hydrogen-bond donors (Lipinski definition) is 2. The van der Waals surface area contributed by atoms with Crippen molar-refractivity contribution in [3.05, 3.63) is 47.9 Å². The predicted molar refractivity (Wildman–Crippen MR) is 59.7 cm³/mol. The normalized spacial score (nSPS) is 10.4. The maximum Gasteiger partial charge on any atom is 0.480 e. The fourth-order valence-corrected chi connectivity index (χ4v) is 1.14. The molecule has 0 amide bonds. The number of ketones is 2. The van der Waals surface area contributed by atoms with E-state index in [1.807, 2.05) is 0 Å². The lowest BCUT2D eigenvalue weighted by Crippen LogP contribution is -2.09. The summed E-state index contributed by atoms with van der Waals surface area (Å²) in [6.07, 6.45) is 0.721. The van der Waals surface area contributed by atoms with Crippen LogP contribution in [-0.4, -0.2) is 28.7 Å². The number of benzene rings is 1. The average molecular weight is 218 g/mol. The number of carbonyl (C=O) groups excluding carboxylic acids is 2. The van der Waals surface area contributed by atoms with E-state index < -0.39 is 12.9 Å². The molecule has 0 aliphatic rings. The van der Waals surface area contributed by atoms with Crippen molar-refractivity contribution in [3.63, 3.8) is 0 Å². The average Bonchev–Trinajstić information content (AvgIpc) is 2.27. The number of carbonyl (C=O) groups is 2. The van der Waals surface area contributed by atoms with E-state index in [1.54, 1.807) is 30.3 Å². The van der Waals surface area contributed by atoms with Crippen molar-refractivity contribution in [1.82, 2.24) is 0 Å². The number of allylic oxidation sites excluding steroid dienone is 1. The van der Waals surface area contributed by atoms with Crippen LogP contribution in [0.5, 0.6) is 0 Å². The van der Waals surface area contributed by atoms with Gasteiger partial charge in [-0.1, -0.05) is 36.3 Å².